The topological polar surface area (TPSA) is 94.1 Å². The number of unbranched alkanes of at least 4 members (excludes halogenated alkanes) is 18. The predicted octanol–water partition coefficient (Wildman–Crippen LogP) is 12.0. The Balaban J connectivity index is 1.37. The van der Waals surface area contributed by atoms with E-state index in [0.29, 0.717) is 19.0 Å². The Morgan fingerprint density at radius 2 is 1.13 bits per heavy atom. The van der Waals surface area contributed by atoms with Crippen LogP contribution in [0, 0.1) is 0 Å². The van der Waals surface area contributed by atoms with Crippen LogP contribution in [0.2, 0.25) is 0 Å². The fourth-order valence-electron chi connectivity index (χ4n) is 7.16. The molecule has 0 bridgehead atoms. The first-order valence-electron chi connectivity index (χ1n) is 21.2. The van der Waals surface area contributed by atoms with Crippen molar-refractivity contribution in [1.82, 2.24) is 5.32 Å². The third-order valence-corrected chi connectivity index (χ3v) is 11.5. The van der Waals surface area contributed by atoms with Gasteiger partial charge < -0.3 is 24.6 Å². The van der Waals surface area contributed by atoms with Gasteiger partial charge in [0.05, 0.1) is 12.7 Å². The van der Waals surface area contributed by atoms with Crippen LogP contribution in [-0.2, 0) is 19.0 Å². The van der Waals surface area contributed by atoms with Gasteiger partial charge in [0, 0.05) is 30.6 Å². The number of carbonyl (C=O) groups excluding carboxylic acids is 1. The quantitative estimate of drug-likeness (QED) is 0.0701. The van der Waals surface area contributed by atoms with Crippen LogP contribution in [0.5, 0.6) is 0 Å². The van der Waals surface area contributed by atoms with Crippen molar-refractivity contribution < 1.29 is 28.9 Å². The van der Waals surface area contributed by atoms with E-state index in [1.54, 1.807) is 0 Å². The molecule has 1 aliphatic rings. The molecule has 0 saturated carbocycles. The lowest BCUT2D eigenvalue weighted by Crippen LogP contribution is -2.43. The number of carbonyl (C=O) groups is 2. The Hall–Kier alpha value is -2.55. The van der Waals surface area contributed by atoms with Crippen molar-refractivity contribution in [2.75, 3.05) is 37.9 Å². The highest BCUT2D eigenvalue weighted by atomic mass is 32.2. The number of rotatable bonds is 33. The van der Waals surface area contributed by atoms with Crippen LogP contribution in [0.15, 0.2) is 48.5 Å². The number of carboxylic acid groups (broad SMARTS) is 1. The highest BCUT2D eigenvalue weighted by Gasteiger charge is 2.30. The zero-order valence-electron chi connectivity index (χ0n) is 33.1. The van der Waals surface area contributed by atoms with Crippen LogP contribution in [0.4, 0.5) is 4.79 Å². The molecule has 0 heterocycles. The average Bonchev–Trinajstić information content (AvgIpc) is 3.49. The Kier molecular flexibility index (Phi) is 24.4. The van der Waals surface area contributed by atoms with Crippen LogP contribution in [0.25, 0.3) is 11.1 Å². The van der Waals surface area contributed by atoms with E-state index in [9.17, 15) is 14.7 Å². The molecule has 8 heteroatoms. The monoisotopic (exact) mass is 754 g/mol. The van der Waals surface area contributed by atoms with Crippen molar-refractivity contribution in [3.05, 3.63) is 59.7 Å². The highest BCUT2D eigenvalue weighted by Crippen LogP contribution is 2.44. The lowest BCUT2D eigenvalue weighted by Gasteiger charge is -2.20. The largest absolute Gasteiger partial charge is 0.480 e. The maximum atomic E-state index is 12.9. The number of carboxylic acids is 1. The molecule has 0 aromatic heterocycles. The summed E-state index contributed by atoms with van der Waals surface area (Å²) >= 11 is 1.48. The van der Waals surface area contributed by atoms with Crippen LogP contribution in [0.3, 0.4) is 0 Å². The minimum atomic E-state index is -1.08. The highest BCUT2D eigenvalue weighted by molar-refractivity contribution is 7.99. The van der Waals surface area contributed by atoms with Crippen LogP contribution in [-0.4, -0.2) is 67.2 Å². The molecule has 53 heavy (non-hydrogen) atoms. The molecule has 2 unspecified atom stereocenters. The number of thioether (sulfide) groups is 1. The molecule has 7 nitrogen and oxygen atoms in total. The number of benzene rings is 2. The van der Waals surface area contributed by atoms with E-state index in [0.717, 1.165) is 41.7 Å². The molecule has 0 spiro atoms. The molecule has 0 saturated heterocycles. The SMILES string of the molecule is CCCCCCCCCCCCOCC(CSCC(NC(=O)OCC1c2ccccc2-c2ccccc21)C(=O)O)OCCCCCCCCCCCC. The number of amides is 1. The number of alkyl carbamates (subject to hydrolysis) is 1. The lowest BCUT2D eigenvalue weighted by atomic mass is 9.98. The molecule has 2 atom stereocenters. The van der Waals surface area contributed by atoms with Gasteiger partial charge in [-0.05, 0) is 35.1 Å². The zero-order valence-corrected chi connectivity index (χ0v) is 33.9. The fraction of sp³-hybridized carbons (Fsp3) is 0.689. The summed E-state index contributed by atoms with van der Waals surface area (Å²) in [6.07, 6.45) is 24.8. The molecule has 1 aliphatic carbocycles. The Bertz CT molecular complexity index is 1210. The van der Waals surface area contributed by atoms with Crippen molar-refractivity contribution in [3.8, 4) is 11.1 Å². The first kappa shape index (κ1) is 44.8. The third kappa shape index (κ3) is 18.6. The second-order valence-corrected chi connectivity index (χ2v) is 15.9. The maximum absolute atomic E-state index is 12.9. The molecule has 2 N–H and O–H groups in total. The Morgan fingerprint density at radius 1 is 0.660 bits per heavy atom. The summed E-state index contributed by atoms with van der Waals surface area (Å²) in [4.78, 5) is 25.0. The minimum absolute atomic E-state index is 0.0837. The van der Waals surface area contributed by atoms with Gasteiger partial charge in [0.15, 0.2) is 0 Å². The van der Waals surface area contributed by atoms with Gasteiger partial charge in [-0.2, -0.15) is 11.8 Å². The summed E-state index contributed by atoms with van der Waals surface area (Å²) < 4.78 is 18.0. The summed E-state index contributed by atoms with van der Waals surface area (Å²) in [7, 11) is 0. The number of aliphatic carboxylic acids is 1. The first-order valence-corrected chi connectivity index (χ1v) is 22.3. The number of hydrogen-bond donors (Lipinski definition) is 2. The minimum Gasteiger partial charge on any atom is -0.480 e. The molecule has 0 aliphatic heterocycles. The molecule has 0 radical (unpaired) electrons. The molecule has 0 fully saturated rings. The van der Waals surface area contributed by atoms with Crippen molar-refractivity contribution in [1.29, 1.82) is 0 Å². The predicted molar refractivity (Wildman–Crippen MR) is 221 cm³/mol. The van der Waals surface area contributed by atoms with E-state index >= 15 is 0 Å². The van der Waals surface area contributed by atoms with Crippen LogP contribution >= 0.6 is 11.8 Å². The van der Waals surface area contributed by atoms with E-state index in [-0.39, 0.29) is 24.4 Å². The summed E-state index contributed by atoms with van der Waals surface area (Å²) in [5.41, 5.74) is 4.53. The third-order valence-electron chi connectivity index (χ3n) is 10.3. The van der Waals surface area contributed by atoms with E-state index in [4.69, 9.17) is 14.2 Å². The Labute approximate surface area is 326 Å². The molecule has 298 valence electrons. The van der Waals surface area contributed by atoms with Gasteiger partial charge >= 0.3 is 12.1 Å². The maximum Gasteiger partial charge on any atom is 0.407 e. The molecule has 3 rings (SSSR count). The standard InChI is InChI=1S/C45H71NO6S/c1-3-5-7-9-11-13-15-17-19-25-31-50-33-37(51-32-26-20-18-16-14-12-10-8-6-4-2)35-53-36-43(44(47)48)46-45(49)52-34-42-40-29-23-21-27-38(40)39-28-22-24-30-41(39)42/h21-24,27-30,37,42-43H,3-20,25-26,31-36H2,1-2H3,(H,46,49)(H,47,48). The summed E-state index contributed by atoms with van der Waals surface area (Å²) in [5.74, 6) is -0.340. The van der Waals surface area contributed by atoms with Crippen molar-refractivity contribution >= 4 is 23.8 Å². The number of hydrogen-bond acceptors (Lipinski definition) is 6. The Morgan fingerprint density at radius 3 is 1.64 bits per heavy atom. The molecular weight excluding hydrogens is 683 g/mol. The molecule has 2 aromatic rings. The van der Waals surface area contributed by atoms with Crippen LogP contribution in [0.1, 0.15) is 159 Å². The van der Waals surface area contributed by atoms with E-state index in [1.807, 2.05) is 24.3 Å². The van der Waals surface area contributed by atoms with Crippen molar-refractivity contribution in [3.63, 3.8) is 0 Å². The van der Waals surface area contributed by atoms with E-state index in [2.05, 4.69) is 43.4 Å². The number of nitrogens with one attached hydrogen (secondary N) is 1. The van der Waals surface area contributed by atoms with Gasteiger partial charge in [0.1, 0.15) is 12.6 Å². The summed E-state index contributed by atoms with van der Waals surface area (Å²) in [6, 6.07) is 15.2. The van der Waals surface area contributed by atoms with E-state index in [1.165, 1.54) is 127 Å². The molecule has 1 amide bonds. The summed E-state index contributed by atoms with van der Waals surface area (Å²) in [5, 5.41) is 12.5. The zero-order chi connectivity index (χ0) is 37.8. The second kappa shape index (κ2) is 28.8. The van der Waals surface area contributed by atoms with Gasteiger partial charge in [-0.25, -0.2) is 9.59 Å². The second-order valence-electron chi connectivity index (χ2n) is 14.8. The molecular formula is C45H71NO6S. The van der Waals surface area contributed by atoms with Gasteiger partial charge in [-0.3, -0.25) is 0 Å². The number of fused-ring (bicyclic) bond motifs is 3. The van der Waals surface area contributed by atoms with Crippen LogP contribution < -0.4 is 5.32 Å². The number of ether oxygens (including phenoxy) is 3. The van der Waals surface area contributed by atoms with Gasteiger partial charge in [-0.1, -0.05) is 178 Å². The van der Waals surface area contributed by atoms with Gasteiger partial charge in [0.25, 0.3) is 0 Å². The molecule has 2 aromatic carbocycles. The smallest absolute Gasteiger partial charge is 0.407 e. The fourth-order valence-corrected chi connectivity index (χ4v) is 8.22. The van der Waals surface area contributed by atoms with E-state index < -0.39 is 18.1 Å². The average molecular weight is 754 g/mol. The first-order chi connectivity index (χ1) is 26.0. The van der Waals surface area contributed by atoms with Gasteiger partial charge in [-0.15, -0.1) is 0 Å². The van der Waals surface area contributed by atoms with Crippen molar-refractivity contribution in [2.45, 2.75) is 160 Å². The summed E-state index contributed by atoms with van der Waals surface area (Å²) in [6.45, 7) is 6.57. The van der Waals surface area contributed by atoms with Gasteiger partial charge in [0.2, 0.25) is 0 Å². The normalized spacial score (nSPS) is 13.4. The lowest BCUT2D eigenvalue weighted by molar-refractivity contribution is -0.138. The van der Waals surface area contributed by atoms with Crippen molar-refractivity contribution in [2.24, 2.45) is 0 Å².